The van der Waals surface area contributed by atoms with Crippen LogP contribution >= 0.6 is 0 Å². The van der Waals surface area contributed by atoms with Gasteiger partial charge in [0.2, 0.25) is 0 Å². The summed E-state index contributed by atoms with van der Waals surface area (Å²) in [5.41, 5.74) is 26.8. The molecule has 0 atom stereocenters. The van der Waals surface area contributed by atoms with Gasteiger partial charge in [0.05, 0.1) is 0 Å². The average Bonchev–Trinajstić information content (AvgIpc) is 3.44. The van der Waals surface area contributed by atoms with Crippen LogP contribution in [0.5, 0.6) is 0 Å². The summed E-state index contributed by atoms with van der Waals surface area (Å²) < 4.78 is 0. The molecular weight excluding hydrogens is 808 g/mol. The molecule has 0 radical (unpaired) electrons. The summed E-state index contributed by atoms with van der Waals surface area (Å²) in [4.78, 5) is 5.41. The van der Waals surface area contributed by atoms with Gasteiger partial charge in [-0.25, -0.2) is 0 Å². The van der Waals surface area contributed by atoms with Gasteiger partial charge in [-0.1, -0.05) is 158 Å². The second kappa shape index (κ2) is 14.0. The maximum atomic E-state index is 2.74. The number of fused-ring (bicyclic) bond motifs is 7. The molecule has 0 N–H and O–H groups in total. The topological polar surface area (TPSA) is 6.48 Å². The third kappa shape index (κ3) is 6.48. The smallest absolute Gasteiger partial charge is 0.252 e. The minimum absolute atomic E-state index is 0.0424. The van der Waals surface area contributed by atoms with E-state index >= 15 is 0 Å². The Morgan fingerprint density at radius 1 is 0.418 bits per heavy atom. The number of anilines is 6. The van der Waals surface area contributed by atoms with Crippen LogP contribution in [0.3, 0.4) is 0 Å². The number of nitrogens with zero attached hydrogens (tertiary/aromatic N) is 2. The van der Waals surface area contributed by atoms with E-state index in [4.69, 9.17) is 0 Å². The van der Waals surface area contributed by atoms with Crippen molar-refractivity contribution >= 4 is 57.2 Å². The quantitative estimate of drug-likeness (QED) is 0.163. The number of hydrogen-bond acceptors (Lipinski definition) is 2. The average molecular weight is 883 g/mol. The largest absolute Gasteiger partial charge is 0.311 e. The van der Waals surface area contributed by atoms with Gasteiger partial charge in [0.15, 0.2) is 0 Å². The third-order valence-corrected chi connectivity index (χ3v) is 18.4. The van der Waals surface area contributed by atoms with Crippen molar-refractivity contribution in [1.82, 2.24) is 0 Å². The lowest BCUT2D eigenvalue weighted by atomic mass is 9.33. The minimum Gasteiger partial charge on any atom is -0.311 e. The van der Waals surface area contributed by atoms with Gasteiger partial charge in [-0.15, -0.1) is 0 Å². The van der Waals surface area contributed by atoms with Crippen molar-refractivity contribution in [3.8, 4) is 0 Å². The lowest BCUT2D eigenvalue weighted by molar-refractivity contribution is 0.332. The Hall–Kier alpha value is -5.02. The molecule has 0 saturated heterocycles. The highest BCUT2D eigenvalue weighted by molar-refractivity contribution is 7.00. The van der Waals surface area contributed by atoms with E-state index in [2.05, 4.69) is 224 Å². The third-order valence-electron chi connectivity index (χ3n) is 18.4. The van der Waals surface area contributed by atoms with Gasteiger partial charge in [-0.2, -0.15) is 0 Å². The van der Waals surface area contributed by atoms with Crippen LogP contribution in [0.15, 0.2) is 103 Å². The van der Waals surface area contributed by atoms with E-state index < -0.39 is 0 Å². The first-order chi connectivity index (χ1) is 31.2. The summed E-state index contributed by atoms with van der Waals surface area (Å²) in [6.45, 7) is 39.3. The zero-order valence-electron chi connectivity index (χ0n) is 43.8. The van der Waals surface area contributed by atoms with Crippen LogP contribution in [-0.4, -0.2) is 6.71 Å². The Morgan fingerprint density at radius 2 is 0.925 bits per heavy atom. The second-order valence-corrected chi connectivity index (χ2v) is 26.4. The Morgan fingerprint density at radius 3 is 1.55 bits per heavy atom. The van der Waals surface area contributed by atoms with Crippen LogP contribution in [0.1, 0.15) is 185 Å². The molecule has 0 fully saturated rings. The summed E-state index contributed by atoms with van der Waals surface area (Å²) >= 11 is 0. The van der Waals surface area contributed by atoms with Gasteiger partial charge in [0, 0.05) is 39.5 Å². The summed E-state index contributed by atoms with van der Waals surface area (Å²) in [6.07, 6.45) is 5.91. The summed E-state index contributed by atoms with van der Waals surface area (Å²) in [5.74, 6) is 0. The van der Waals surface area contributed by atoms with E-state index in [1.165, 1.54) is 132 Å². The van der Waals surface area contributed by atoms with E-state index in [-0.39, 0.29) is 44.6 Å². The van der Waals surface area contributed by atoms with Crippen molar-refractivity contribution in [2.45, 2.75) is 181 Å². The van der Waals surface area contributed by atoms with Crippen LogP contribution in [0.4, 0.5) is 34.1 Å². The zero-order chi connectivity index (χ0) is 47.8. The van der Waals surface area contributed by atoms with Crippen molar-refractivity contribution < 1.29 is 0 Å². The van der Waals surface area contributed by atoms with E-state index in [1.54, 1.807) is 0 Å². The molecule has 344 valence electrons. The molecule has 0 aromatic heterocycles. The molecule has 5 aliphatic rings. The molecule has 0 unspecified atom stereocenters. The first-order valence-electron chi connectivity index (χ1n) is 25.7. The monoisotopic (exact) mass is 883 g/mol. The fourth-order valence-electron chi connectivity index (χ4n) is 14.2. The number of benzene rings is 6. The number of rotatable bonds is 4. The molecule has 3 aliphatic carbocycles. The molecule has 3 heteroatoms. The molecule has 6 aromatic carbocycles. The van der Waals surface area contributed by atoms with Crippen molar-refractivity contribution in [1.29, 1.82) is 0 Å². The summed E-state index contributed by atoms with van der Waals surface area (Å²) in [5, 5.41) is 0. The molecular formula is C64H75BN2. The van der Waals surface area contributed by atoms with Crippen molar-refractivity contribution in [3.05, 3.63) is 159 Å². The van der Waals surface area contributed by atoms with E-state index in [0.717, 1.165) is 6.42 Å². The lowest BCUT2D eigenvalue weighted by Crippen LogP contribution is -2.62. The predicted octanol–water partition coefficient (Wildman–Crippen LogP) is 15.4. The van der Waals surface area contributed by atoms with Crippen LogP contribution in [-0.2, 0) is 37.9 Å². The fraction of sp³-hybridized carbons (Fsp3) is 0.438. The molecule has 2 nitrogen and oxygen atoms in total. The molecule has 2 aliphatic heterocycles. The summed E-state index contributed by atoms with van der Waals surface area (Å²) in [6, 6.07) is 41.8. The van der Waals surface area contributed by atoms with E-state index in [9.17, 15) is 0 Å². The zero-order valence-corrected chi connectivity index (χ0v) is 43.8. The van der Waals surface area contributed by atoms with Gasteiger partial charge in [0.1, 0.15) is 0 Å². The van der Waals surface area contributed by atoms with Gasteiger partial charge in [0.25, 0.3) is 6.71 Å². The van der Waals surface area contributed by atoms with Crippen molar-refractivity contribution in [3.63, 3.8) is 0 Å². The molecule has 11 rings (SSSR count). The molecule has 67 heavy (non-hydrogen) atoms. The highest BCUT2D eigenvalue weighted by atomic mass is 15.2. The number of hydrogen-bond donors (Lipinski definition) is 0. The molecule has 2 heterocycles. The van der Waals surface area contributed by atoms with Crippen LogP contribution in [0.2, 0.25) is 0 Å². The highest BCUT2D eigenvalue weighted by Crippen LogP contribution is 2.55. The standard InChI is InChI=1S/C64H75BN2/c1-39-30-55-57-56(31-39)67(53-36-48-45(32-40(53)2)59(5,6)28-29-61(48,9)10)54-37-49-47(62(11,12)38-63(49,13)14)35-51(54)65(57)50-33-42(64(15,16)41-20-18-17-19-21-41)22-25-52(50)66(55)43-23-24-44-46(34-43)60(7,8)27-26-58(44,3)4/h17-25,30-37H,26-29,38H2,1-16H3. The summed E-state index contributed by atoms with van der Waals surface area (Å²) in [7, 11) is 0. The van der Waals surface area contributed by atoms with E-state index in [0.29, 0.717) is 0 Å². The van der Waals surface area contributed by atoms with Crippen molar-refractivity contribution in [2.75, 3.05) is 9.80 Å². The first kappa shape index (κ1) is 44.5. The molecule has 0 bridgehead atoms. The first-order valence-corrected chi connectivity index (χ1v) is 25.7. The normalized spacial score (nSPS) is 20.6. The second-order valence-electron chi connectivity index (χ2n) is 26.4. The molecule has 0 amide bonds. The van der Waals surface area contributed by atoms with Gasteiger partial charge in [-0.05, 0) is 193 Å². The van der Waals surface area contributed by atoms with Crippen LogP contribution < -0.4 is 26.2 Å². The van der Waals surface area contributed by atoms with Gasteiger partial charge < -0.3 is 9.80 Å². The van der Waals surface area contributed by atoms with Crippen LogP contribution in [0, 0.1) is 13.8 Å². The maximum absolute atomic E-state index is 2.74. The lowest BCUT2D eigenvalue weighted by Gasteiger charge is -2.47. The predicted molar refractivity (Wildman–Crippen MR) is 290 cm³/mol. The fourth-order valence-corrected chi connectivity index (χ4v) is 14.2. The Labute approximate surface area is 404 Å². The molecule has 0 saturated carbocycles. The Kier molecular flexibility index (Phi) is 9.33. The van der Waals surface area contributed by atoms with E-state index in [1.807, 2.05) is 0 Å². The minimum atomic E-state index is -0.201. The molecule has 0 spiro atoms. The van der Waals surface area contributed by atoms with Crippen LogP contribution in [0.25, 0.3) is 0 Å². The van der Waals surface area contributed by atoms with Crippen molar-refractivity contribution in [2.24, 2.45) is 0 Å². The SMILES string of the molecule is Cc1cc2c3c(c1)N(c1cc4c(cc1C)C(C)(C)CCC4(C)C)c1cc4c(cc1B3c1cc(C(C)(C)c3ccccc3)ccc1N2c1ccc2c(c1)C(C)(C)CCC2(C)C)C(C)(C)CC4(C)C. The van der Waals surface area contributed by atoms with Gasteiger partial charge in [-0.3, -0.25) is 0 Å². The number of aryl methyl sites for hydroxylation is 2. The Balaban J connectivity index is 1.25. The molecule has 6 aromatic rings. The highest BCUT2D eigenvalue weighted by Gasteiger charge is 2.49. The Bertz CT molecular complexity index is 3060. The maximum Gasteiger partial charge on any atom is 0.252 e. The van der Waals surface area contributed by atoms with Gasteiger partial charge >= 0.3 is 0 Å².